The van der Waals surface area contributed by atoms with Crippen LogP contribution in [0.3, 0.4) is 0 Å². The second-order valence-electron chi connectivity index (χ2n) is 5.66. The molecule has 3 rings (SSSR count). The molecule has 0 bridgehead atoms. The Hall–Kier alpha value is -2.55. The molecule has 22 heavy (non-hydrogen) atoms. The molecule has 112 valence electrons. The van der Waals surface area contributed by atoms with Crippen LogP contribution in [-0.4, -0.2) is 9.78 Å². The van der Waals surface area contributed by atoms with Crippen molar-refractivity contribution in [1.82, 2.24) is 9.78 Å². The summed E-state index contributed by atoms with van der Waals surface area (Å²) in [5.41, 5.74) is 6.03. The van der Waals surface area contributed by atoms with Crippen LogP contribution in [0.25, 0.3) is 16.9 Å². The van der Waals surface area contributed by atoms with Crippen molar-refractivity contribution in [3.8, 4) is 16.9 Å². The van der Waals surface area contributed by atoms with Crippen LogP contribution < -0.4 is 5.56 Å². The van der Waals surface area contributed by atoms with Crippen LogP contribution in [0.2, 0.25) is 0 Å². The lowest BCUT2D eigenvalue weighted by Crippen LogP contribution is -2.16. The molecule has 1 N–H and O–H groups in total. The normalized spacial score (nSPS) is 10.9. The van der Waals surface area contributed by atoms with Gasteiger partial charge in [0.15, 0.2) is 0 Å². The molecule has 0 unspecified atom stereocenters. The number of rotatable bonds is 3. The lowest BCUT2D eigenvalue weighted by molar-refractivity contribution is 0.848. The number of nitrogens with one attached hydrogen (secondary N) is 1. The van der Waals surface area contributed by atoms with Gasteiger partial charge in [0.2, 0.25) is 0 Å². The molecule has 2 aromatic carbocycles. The molecule has 0 atom stereocenters. The van der Waals surface area contributed by atoms with E-state index in [1.807, 2.05) is 38.1 Å². The van der Waals surface area contributed by atoms with Crippen molar-refractivity contribution in [1.29, 1.82) is 0 Å². The standard InChI is InChI=1S/C19H20N2O/c1-4-17-18(15-10-8-13(2)9-11-15)20-21(19(17)22)16-7-5-6-14(3)12-16/h5-12,20H,4H2,1-3H3. The van der Waals surface area contributed by atoms with E-state index in [1.165, 1.54) is 5.56 Å². The van der Waals surface area contributed by atoms with E-state index < -0.39 is 0 Å². The Bertz CT molecular complexity index is 854. The SMILES string of the molecule is CCc1c(-c2ccc(C)cc2)[nH]n(-c2cccc(C)c2)c1=O. The van der Waals surface area contributed by atoms with Crippen LogP contribution in [0.1, 0.15) is 23.6 Å². The Morgan fingerprint density at radius 2 is 1.73 bits per heavy atom. The lowest BCUT2D eigenvalue weighted by Gasteiger charge is -2.04. The molecule has 0 radical (unpaired) electrons. The number of benzene rings is 2. The molecular formula is C19H20N2O. The molecule has 0 saturated carbocycles. The van der Waals surface area contributed by atoms with Crippen molar-refractivity contribution in [2.24, 2.45) is 0 Å². The van der Waals surface area contributed by atoms with Crippen LogP contribution in [0.5, 0.6) is 0 Å². The van der Waals surface area contributed by atoms with Gasteiger partial charge >= 0.3 is 0 Å². The number of hydrogen-bond donors (Lipinski definition) is 1. The van der Waals surface area contributed by atoms with Gasteiger partial charge in [-0.3, -0.25) is 9.89 Å². The third kappa shape index (κ3) is 2.50. The Morgan fingerprint density at radius 1 is 1.00 bits per heavy atom. The van der Waals surface area contributed by atoms with Gasteiger partial charge in [0.25, 0.3) is 5.56 Å². The first-order valence-corrected chi connectivity index (χ1v) is 7.58. The van der Waals surface area contributed by atoms with Gasteiger partial charge in [0.05, 0.1) is 11.4 Å². The van der Waals surface area contributed by atoms with E-state index in [0.717, 1.165) is 28.1 Å². The van der Waals surface area contributed by atoms with E-state index in [4.69, 9.17) is 0 Å². The summed E-state index contributed by atoms with van der Waals surface area (Å²) in [5.74, 6) is 0. The van der Waals surface area contributed by atoms with Gasteiger partial charge in [-0.2, -0.15) is 0 Å². The Kier molecular flexibility index (Phi) is 3.72. The second-order valence-corrected chi connectivity index (χ2v) is 5.66. The lowest BCUT2D eigenvalue weighted by atomic mass is 10.1. The van der Waals surface area contributed by atoms with Crippen LogP contribution in [0.15, 0.2) is 53.3 Å². The summed E-state index contributed by atoms with van der Waals surface area (Å²) >= 11 is 0. The maximum Gasteiger partial charge on any atom is 0.275 e. The molecule has 0 aliphatic carbocycles. The minimum atomic E-state index is 0.0312. The number of aromatic amines is 1. The number of hydrogen-bond acceptors (Lipinski definition) is 1. The van der Waals surface area contributed by atoms with E-state index in [9.17, 15) is 4.79 Å². The maximum absolute atomic E-state index is 12.7. The van der Waals surface area contributed by atoms with Gasteiger partial charge in [-0.1, -0.05) is 48.9 Å². The minimum Gasteiger partial charge on any atom is -0.290 e. The molecule has 3 heteroatoms. The largest absolute Gasteiger partial charge is 0.290 e. The predicted octanol–water partition coefficient (Wildman–Crippen LogP) is 4.01. The van der Waals surface area contributed by atoms with E-state index >= 15 is 0 Å². The van der Waals surface area contributed by atoms with Gasteiger partial charge in [-0.05, 0) is 43.5 Å². The minimum absolute atomic E-state index is 0.0312. The first-order chi connectivity index (χ1) is 10.6. The van der Waals surface area contributed by atoms with Gasteiger partial charge in [0, 0.05) is 5.56 Å². The topological polar surface area (TPSA) is 37.8 Å². The summed E-state index contributed by atoms with van der Waals surface area (Å²) in [5, 5.41) is 3.28. The van der Waals surface area contributed by atoms with Crippen molar-refractivity contribution in [3.05, 3.63) is 75.6 Å². The maximum atomic E-state index is 12.7. The summed E-state index contributed by atoms with van der Waals surface area (Å²) in [6, 6.07) is 16.2. The Balaban J connectivity index is 2.19. The van der Waals surface area contributed by atoms with Crippen LogP contribution in [-0.2, 0) is 6.42 Å². The number of H-pyrrole nitrogens is 1. The van der Waals surface area contributed by atoms with Crippen molar-refractivity contribution < 1.29 is 0 Å². The quantitative estimate of drug-likeness (QED) is 0.778. The van der Waals surface area contributed by atoms with E-state index in [2.05, 4.69) is 36.3 Å². The third-order valence-corrected chi connectivity index (χ3v) is 3.94. The van der Waals surface area contributed by atoms with E-state index in [0.29, 0.717) is 6.42 Å². The molecule has 0 saturated heterocycles. The molecule has 0 aliphatic rings. The fourth-order valence-electron chi connectivity index (χ4n) is 2.71. The summed E-state index contributed by atoms with van der Waals surface area (Å²) in [4.78, 5) is 12.7. The summed E-state index contributed by atoms with van der Waals surface area (Å²) < 4.78 is 1.64. The van der Waals surface area contributed by atoms with Crippen LogP contribution in [0.4, 0.5) is 0 Å². The van der Waals surface area contributed by atoms with E-state index in [-0.39, 0.29) is 5.56 Å². The number of aryl methyl sites for hydroxylation is 2. The fourth-order valence-corrected chi connectivity index (χ4v) is 2.71. The molecule has 3 aromatic rings. The summed E-state index contributed by atoms with van der Waals surface area (Å²) in [6.45, 7) is 6.10. The van der Waals surface area contributed by atoms with E-state index in [1.54, 1.807) is 4.68 Å². The highest BCUT2D eigenvalue weighted by molar-refractivity contribution is 5.63. The summed E-state index contributed by atoms with van der Waals surface area (Å²) in [6.07, 6.45) is 0.706. The highest BCUT2D eigenvalue weighted by atomic mass is 16.1. The summed E-state index contributed by atoms with van der Waals surface area (Å²) in [7, 11) is 0. The van der Waals surface area contributed by atoms with Crippen LogP contribution >= 0.6 is 0 Å². The van der Waals surface area contributed by atoms with Crippen molar-refractivity contribution in [3.63, 3.8) is 0 Å². The molecule has 0 fully saturated rings. The average Bonchev–Trinajstić information content (AvgIpc) is 2.85. The van der Waals surface area contributed by atoms with Gasteiger partial charge in [0.1, 0.15) is 0 Å². The monoisotopic (exact) mass is 292 g/mol. The van der Waals surface area contributed by atoms with Gasteiger partial charge in [-0.25, -0.2) is 4.68 Å². The molecule has 3 nitrogen and oxygen atoms in total. The predicted molar refractivity (Wildman–Crippen MR) is 90.7 cm³/mol. The molecule has 0 aliphatic heterocycles. The smallest absolute Gasteiger partial charge is 0.275 e. The number of nitrogens with zero attached hydrogens (tertiary/aromatic N) is 1. The highest BCUT2D eigenvalue weighted by Crippen LogP contribution is 2.22. The third-order valence-electron chi connectivity index (χ3n) is 3.94. The first kappa shape index (κ1) is 14.4. The zero-order valence-corrected chi connectivity index (χ0v) is 13.2. The average molecular weight is 292 g/mol. The molecule has 1 aromatic heterocycles. The van der Waals surface area contributed by atoms with Crippen molar-refractivity contribution in [2.45, 2.75) is 27.2 Å². The zero-order valence-electron chi connectivity index (χ0n) is 13.2. The highest BCUT2D eigenvalue weighted by Gasteiger charge is 2.15. The Labute approximate surface area is 130 Å². The first-order valence-electron chi connectivity index (χ1n) is 7.58. The van der Waals surface area contributed by atoms with Crippen molar-refractivity contribution in [2.75, 3.05) is 0 Å². The van der Waals surface area contributed by atoms with Crippen molar-refractivity contribution >= 4 is 0 Å². The number of aromatic nitrogens is 2. The fraction of sp³-hybridized carbons (Fsp3) is 0.211. The van der Waals surface area contributed by atoms with Crippen LogP contribution in [0, 0.1) is 13.8 Å². The molecule has 0 spiro atoms. The Morgan fingerprint density at radius 3 is 2.36 bits per heavy atom. The molecular weight excluding hydrogens is 272 g/mol. The van der Waals surface area contributed by atoms with Gasteiger partial charge < -0.3 is 0 Å². The zero-order chi connectivity index (χ0) is 15.7. The second kappa shape index (κ2) is 5.68. The van der Waals surface area contributed by atoms with Gasteiger partial charge in [-0.15, -0.1) is 0 Å². The molecule has 1 heterocycles. The molecule has 0 amide bonds.